The first-order chi connectivity index (χ1) is 25.5. The summed E-state index contributed by atoms with van der Waals surface area (Å²) in [6, 6.07) is 52.0. The second-order valence-corrected chi connectivity index (χ2v) is 14.2. The number of rotatable bonds is 5. The number of hydrogen-bond donors (Lipinski definition) is 0. The molecule has 0 saturated heterocycles. The quantitative estimate of drug-likeness (QED) is 0.183. The van der Waals surface area contributed by atoms with Crippen LogP contribution in [-0.2, 0) is 5.41 Å². The van der Waals surface area contributed by atoms with Gasteiger partial charge in [0.25, 0.3) is 0 Å². The third kappa shape index (κ3) is 4.45. The zero-order valence-electron chi connectivity index (χ0n) is 29.2. The molecule has 6 aromatic carbocycles. The summed E-state index contributed by atoms with van der Waals surface area (Å²) in [7, 11) is 0. The van der Waals surface area contributed by atoms with Crippen LogP contribution in [0.5, 0.6) is 0 Å². The fraction of sp³-hybridized carbons (Fsp3) is 0.0851. The van der Waals surface area contributed by atoms with Gasteiger partial charge in [0.2, 0.25) is 0 Å². The smallest absolute Gasteiger partial charge is 0.145 e. The maximum absolute atomic E-state index is 5.47. The Labute approximate surface area is 302 Å². The van der Waals surface area contributed by atoms with E-state index in [-0.39, 0.29) is 5.41 Å². The van der Waals surface area contributed by atoms with Crippen LogP contribution in [0, 0.1) is 6.92 Å². The van der Waals surface area contributed by atoms with Crippen LogP contribution in [0.25, 0.3) is 78.3 Å². The molecule has 4 heterocycles. The van der Waals surface area contributed by atoms with Gasteiger partial charge in [-0.3, -0.25) is 4.57 Å². The molecule has 0 bridgehead atoms. The van der Waals surface area contributed by atoms with Crippen LogP contribution < -0.4 is 0 Å². The van der Waals surface area contributed by atoms with E-state index in [2.05, 4.69) is 180 Å². The fourth-order valence-corrected chi connectivity index (χ4v) is 8.25. The molecular formula is C47H35N5. The first-order valence-corrected chi connectivity index (χ1v) is 17.8. The minimum Gasteiger partial charge on any atom is -0.306 e. The Bertz CT molecular complexity index is 2810. The topological polar surface area (TPSA) is 48.5 Å². The Morgan fingerprint density at radius 3 is 2.08 bits per heavy atom. The Morgan fingerprint density at radius 1 is 0.596 bits per heavy atom. The van der Waals surface area contributed by atoms with Gasteiger partial charge >= 0.3 is 0 Å². The van der Waals surface area contributed by atoms with E-state index in [0.717, 1.165) is 67.1 Å². The van der Waals surface area contributed by atoms with Crippen LogP contribution in [0.1, 0.15) is 30.5 Å². The maximum atomic E-state index is 5.47. The maximum Gasteiger partial charge on any atom is 0.145 e. The van der Waals surface area contributed by atoms with Gasteiger partial charge in [0.05, 0.1) is 39.8 Å². The lowest BCUT2D eigenvalue weighted by molar-refractivity contribution is 0.630. The molecule has 0 aliphatic carbocycles. The Kier molecular flexibility index (Phi) is 6.67. The third-order valence-electron chi connectivity index (χ3n) is 10.8. The van der Waals surface area contributed by atoms with Crippen molar-refractivity contribution in [3.05, 3.63) is 175 Å². The van der Waals surface area contributed by atoms with Crippen molar-refractivity contribution in [3.8, 4) is 56.4 Å². The molecule has 0 N–H and O–H groups in total. The van der Waals surface area contributed by atoms with E-state index < -0.39 is 0 Å². The molecule has 1 aliphatic heterocycles. The van der Waals surface area contributed by atoms with Crippen molar-refractivity contribution in [3.63, 3.8) is 0 Å². The SMILES string of the molecule is Cc1ccccc1-c1nc(-c2ccc(-c3cc4c5c(c3)c3ncncc3n5-c3ccccc3C4(C)C)cc2)n(-c2ccccc2)c1-c1ccccc1. The highest BCUT2D eigenvalue weighted by atomic mass is 15.1. The number of nitrogens with zero attached hydrogens (tertiary/aromatic N) is 5. The molecule has 0 saturated carbocycles. The minimum absolute atomic E-state index is 0.206. The van der Waals surface area contributed by atoms with E-state index in [1.165, 1.54) is 27.9 Å². The predicted molar refractivity (Wildman–Crippen MR) is 212 cm³/mol. The summed E-state index contributed by atoms with van der Waals surface area (Å²) in [4.78, 5) is 14.7. The standard InChI is InChI=1S/C47H35N5/c1-30-14-10-11-19-36(30)43-44(32-15-6-4-7-16-32)51(35-17-8-5-9-18-35)46(50-43)33-24-22-31(23-25-33)34-26-37-42-41(28-48-29-49-42)52-40-21-13-12-20-38(40)47(2,3)39(27-34)45(37)52/h4-29H,1-3H3. The first-order valence-electron chi connectivity index (χ1n) is 17.8. The highest BCUT2D eigenvalue weighted by molar-refractivity contribution is 6.10. The van der Waals surface area contributed by atoms with Gasteiger partial charge in [-0.05, 0) is 65.1 Å². The second-order valence-electron chi connectivity index (χ2n) is 14.2. The number of benzene rings is 6. The van der Waals surface area contributed by atoms with Gasteiger partial charge < -0.3 is 4.57 Å². The van der Waals surface area contributed by atoms with Crippen LogP contribution in [0.3, 0.4) is 0 Å². The normalized spacial score (nSPS) is 13.1. The lowest BCUT2D eigenvalue weighted by Crippen LogP contribution is -2.26. The molecule has 5 heteroatoms. The van der Waals surface area contributed by atoms with Gasteiger partial charge in [-0.1, -0.05) is 129 Å². The van der Waals surface area contributed by atoms with Crippen molar-refractivity contribution in [2.75, 3.05) is 0 Å². The van der Waals surface area contributed by atoms with Crippen molar-refractivity contribution in [1.29, 1.82) is 0 Å². The number of imidazole rings is 1. The molecule has 0 fully saturated rings. The highest BCUT2D eigenvalue weighted by Gasteiger charge is 2.36. The molecule has 248 valence electrons. The molecule has 10 rings (SSSR count). The van der Waals surface area contributed by atoms with Crippen LogP contribution in [-0.4, -0.2) is 24.1 Å². The molecule has 52 heavy (non-hydrogen) atoms. The van der Waals surface area contributed by atoms with Gasteiger partial charge in [-0.15, -0.1) is 0 Å². The Balaban J connectivity index is 1.18. The summed E-state index contributed by atoms with van der Waals surface area (Å²) in [5, 5.41) is 1.14. The van der Waals surface area contributed by atoms with E-state index in [9.17, 15) is 0 Å². The summed E-state index contributed by atoms with van der Waals surface area (Å²) in [6.07, 6.45) is 3.60. The minimum atomic E-state index is -0.206. The average Bonchev–Trinajstić information content (AvgIpc) is 3.75. The number of para-hydroxylation sites is 2. The van der Waals surface area contributed by atoms with Crippen molar-refractivity contribution < 1.29 is 0 Å². The van der Waals surface area contributed by atoms with E-state index >= 15 is 0 Å². The van der Waals surface area contributed by atoms with Gasteiger partial charge in [-0.2, -0.15) is 0 Å². The molecule has 1 aliphatic rings. The zero-order valence-corrected chi connectivity index (χ0v) is 29.2. The molecule has 3 aromatic heterocycles. The summed E-state index contributed by atoms with van der Waals surface area (Å²) in [5.41, 5.74) is 16.7. The summed E-state index contributed by atoms with van der Waals surface area (Å²) < 4.78 is 4.67. The lowest BCUT2D eigenvalue weighted by Gasteiger charge is -2.35. The zero-order chi connectivity index (χ0) is 35.0. The fourth-order valence-electron chi connectivity index (χ4n) is 8.25. The van der Waals surface area contributed by atoms with Crippen LogP contribution in [0.2, 0.25) is 0 Å². The molecule has 0 spiro atoms. The average molecular weight is 670 g/mol. The monoisotopic (exact) mass is 669 g/mol. The van der Waals surface area contributed by atoms with E-state index in [1.807, 2.05) is 6.20 Å². The molecule has 0 atom stereocenters. The van der Waals surface area contributed by atoms with Crippen LogP contribution in [0.15, 0.2) is 158 Å². The van der Waals surface area contributed by atoms with Crippen LogP contribution in [0.4, 0.5) is 0 Å². The summed E-state index contributed by atoms with van der Waals surface area (Å²) in [6.45, 7) is 6.83. The number of aryl methyl sites for hydroxylation is 1. The van der Waals surface area contributed by atoms with Gasteiger partial charge in [0, 0.05) is 33.2 Å². The summed E-state index contributed by atoms with van der Waals surface area (Å²) >= 11 is 0. The molecule has 9 aromatic rings. The van der Waals surface area contributed by atoms with Crippen molar-refractivity contribution >= 4 is 21.9 Å². The van der Waals surface area contributed by atoms with Crippen LogP contribution >= 0.6 is 0 Å². The Hall–Kier alpha value is -6.59. The van der Waals surface area contributed by atoms with Crippen molar-refractivity contribution in [2.45, 2.75) is 26.2 Å². The molecule has 0 unspecified atom stereocenters. The van der Waals surface area contributed by atoms with E-state index in [4.69, 9.17) is 9.97 Å². The van der Waals surface area contributed by atoms with Crippen molar-refractivity contribution in [1.82, 2.24) is 24.1 Å². The van der Waals surface area contributed by atoms with Crippen molar-refractivity contribution in [2.24, 2.45) is 0 Å². The lowest BCUT2D eigenvalue weighted by atomic mass is 9.74. The second kappa shape index (κ2) is 11.5. The Morgan fingerprint density at radius 2 is 1.29 bits per heavy atom. The number of aromatic nitrogens is 5. The van der Waals surface area contributed by atoms with E-state index in [0.29, 0.717) is 0 Å². The number of fused-ring (bicyclic) bond motifs is 5. The summed E-state index contributed by atoms with van der Waals surface area (Å²) in [5.74, 6) is 0.901. The molecule has 0 amide bonds. The predicted octanol–water partition coefficient (Wildman–Crippen LogP) is 11.4. The molecular weight excluding hydrogens is 635 g/mol. The third-order valence-corrected chi connectivity index (χ3v) is 10.8. The van der Waals surface area contributed by atoms with Gasteiger partial charge in [0.1, 0.15) is 12.2 Å². The highest BCUT2D eigenvalue weighted by Crippen LogP contribution is 2.48. The first kappa shape index (κ1) is 30.3. The van der Waals surface area contributed by atoms with E-state index in [1.54, 1.807) is 6.33 Å². The van der Waals surface area contributed by atoms with Gasteiger partial charge in [0.15, 0.2) is 0 Å². The molecule has 0 radical (unpaired) electrons. The largest absolute Gasteiger partial charge is 0.306 e. The molecule has 5 nitrogen and oxygen atoms in total. The van der Waals surface area contributed by atoms with Gasteiger partial charge in [-0.25, -0.2) is 15.0 Å². The number of hydrogen-bond acceptors (Lipinski definition) is 3.